The minimum Gasteiger partial charge on any atom is -0.496 e. The molecular weight excluding hydrogens is 350 g/mol. The summed E-state index contributed by atoms with van der Waals surface area (Å²) in [6.45, 7) is 1.69. The van der Waals surface area contributed by atoms with Gasteiger partial charge in [-0.2, -0.15) is 0 Å². The number of halogens is 1. The highest BCUT2D eigenvalue weighted by Crippen LogP contribution is 2.28. The van der Waals surface area contributed by atoms with Crippen LogP contribution in [0, 0.1) is 0 Å². The molecule has 1 rings (SSSR count). The van der Waals surface area contributed by atoms with Gasteiger partial charge in [0.2, 0.25) is 10.0 Å². The molecule has 0 spiro atoms. The van der Waals surface area contributed by atoms with Crippen molar-refractivity contribution in [1.82, 2.24) is 4.72 Å². The molecule has 0 aromatic heterocycles. The first-order valence-electron chi connectivity index (χ1n) is 5.80. The van der Waals surface area contributed by atoms with Crippen molar-refractivity contribution in [1.29, 1.82) is 0 Å². The van der Waals surface area contributed by atoms with Crippen LogP contribution in [0.3, 0.4) is 0 Å². The first-order chi connectivity index (χ1) is 9.25. The first-order valence-corrected chi connectivity index (χ1v) is 8.25. The highest BCUT2D eigenvalue weighted by molar-refractivity contribution is 9.10. The van der Waals surface area contributed by atoms with Crippen LogP contribution in [-0.4, -0.2) is 32.4 Å². The standard InChI is InChI=1S/C12H16BrNO5S/c1-8(14-20(17,18)6-5-12(15)16)9-3-4-11(19-2)10(13)7-9/h3-4,7-8,14H,5-6H2,1-2H3,(H,15,16). The van der Waals surface area contributed by atoms with E-state index in [2.05, 4.69) is 20.7 Å². The van der Waals surface area contributed by atoms with Crippen LogP contribution in [0.1, 0.15) is 24.9 Å². The lowest BCUT2D eigenvalue weighted by Crippen LogP contribution is -2.30. The summed E-state index contributed by atoms with van der Waals surface area (Å²) in [5.74, 6) is -0.936. The molecule has 0 radical (unpaired) electrons. The highest BCUT2D eigenvalue weighted by Gasteiger charge is 2.17. The second-order valence-corrected chi connectivity index (χ2v) is 6.92. The molecule has 0 aliphatic heterocycles. The van der Waals surface area contributed by atoms with E-state index >= 15 is 0 Å². The third-order valence-electron chi connectivity index (χ3n) is 2.62. The largest absolute Gasteiger partial charge is 0.496 e. The van der Waals surface area contributed by atoms with Crippen LogP contribution >= 0.6 is 15.9 Å². The number of aliphatic carboxylic acids is 1. The summed E-state index contributed by atoms with van der Waals surface area (Å²) in [6.07, 6.45) is -0.422. The van der Waals surface area contributed by atoms with Gasteiger partial charge in [0.1, 0.15) is 5.75 Å². The monoisotopic (exact) mass is 365 g/mol. The normalized spacial score (nSPS) is 12.9. The fraction of sp³-hybridized carbons (Fsp3) is 0.417. The molecule has 0 aliphatic rings. The number of methoxy groups -OCH3 is 1. The topological polar surface area (TPSA) is 92.7 Å². The number of carbonyl (C=O) groups is 1. The summed E-state index contributed by atoms with van der Waals surface area (Å²) in [5.41, 5.74) is 0.747. The Morgan fingerprint density at radius 2 is 2.15 bits per heavy atom. The van der Waals surface area contributed by atoms with Crippen molar-refractivity contribution in [3.63, 3.8) is 0 Å². The number of hydrogen-bond acceptors (Lipinski definition) is 4. The van der Waals surface area contributed by atoms with E-state index < -0.39 is 34.2 Å². The van der Waals surface area contributed by atoms with Crippen LogP contribution in [0.25, 0.3) is 0 Å². The van der Waals surface area contributed by atoms with E-state index in [0.717, 1.165) is 5.56 Å². The van der Waals surface area contributed by atoms with Crippen molar-refractivity contribution < 1.29 is 23.1 Å². The predicted molar refractivity (Wildman–Crippen MR) is 78.3 cm³/mol. The minimum atomic E-state index is -3.63. The number of carboxylic acid groups (broad SMARTS) is 1. The number of hydrogen-bond donors (Lipinski definition) is 2. The maximum atomic E-state index is 11.7. The Morgan fingerprint density at radius 3 is 2.65 bits per heavy atom. The van der Waals surface area contributed by atoms with Crippen molar-refractivity contribution in [2.75, 3.05) is 12.9 Å². The average molecular weight is 366 g/mol. The van der Waals surface area contributed by atoms with Crippen molar-refractivity contribution in [2.24, 2.45) is 0 Å². The van der Waals surface area contributed by atoms with Crippen LogP contribution in [-0.2, 0) is 14.8 Å². The lowest BCUT2D eigenvalue weighted by molar-refractivity contribution is -0.136. The Kier molecular flexibility index (Phi) is 5.97. The molecule has 0 bridgehead atoms. The van der Waals surface area contributed by atoms with E-state index in [9.17, 15) is 13.2 Å². The molecule has 1 unspecified atom stereocenters. The molecule has 0 saturated heterocycles. The number of benzene rings is 1. The van der Waals surface area contributed by atoms with Gasteiger partial charge in [0.05, 0.1) is 23.8 Å². The molecule has 20 heavy (non-hydrogen) atoms. The molecule has 0 aliphatic carbocycles. The van der Waals surface area contributed by atoms with E-state index in [4.69, 9.17) is 9.84 Å². The average Bonchev–Trinajstić information content (AvgIpc) is 2.36. The summed E-state index contributed by atoms with van der Waals surface area (Å²) in [5, 5.41) is 8.51. The van der Waals surface area contributed by atoms with Gasteiger partial charge in [-0.15, -0.1) is 0 Å². The fourth-order valence-corrected chi connectivity index (χ4v) is 3.36. The molecule has 1 atom stereocenters. The van der Waals surface area contributed by atoms with Gasteiger partial charge in [0.15, 0.2) is 0 Å². The molecule has 0 fully saturated rings. The maximum Gasteiger partial charge on any atom is 0.304 e. The lowest BCUT2D eigenvalue weighted by Gasteiger charge is -2.15. The summed E-state index contributed by atoms with van der Waals surface area (Å²) in [6, 6.07) is 4.76. The number of rotatable bonds is 7. The zero-order chi connectivity index (χ0) is 15.3. The summed E-state index contributed by atoms with van der Waals surface area (Å²) < 4.78 is 31.7. The molecule has 2 N–H and O–H groups in total. The van der Waals surface area contributed by atoms with E-state index in [1.807, 2.05) is 0 Å². The number of ether oxygens (including phenoxy) is 1. The zero-order valence-electron chi connectivity index (χ0n) is 11.1. The van der Waals surface area contributed by atoms with Crippen LogP contribution < -0.4 is 9.46 Å². The van der Waals surface area contributed by atoms with Gasteiger partial charge in [-0.1, -0.05) is 6.07 Å². The maximum absolute atomic E-state index is 11.7. The molecule has 0 heterocycles. The van der Waals surface area contributed by atoms with Gasteiger partial charge in [0, 0.05) is 6.04 Å². The van der Waals surface area contributed by atoms with Gasteiger partial charge in [-0.3, -0.25) is 4.79 Å². The van der Waals surface area contributed by atoms with E-state index in [-0.39, 0.29) is 0 Å². The third-order valence-corrected chi connectivity index (χ3v) is 4.69. The van der Waals surface area contributed by atoms with Crippen LogP contribution in [0.5, 0.6) is 5.75 Å². The summed E-state index contributed by atoms with van der Waals surface area (Å²) >= 11 is 3.33. The lowest BCUT2D eigenvalue weighted by atomic mass is 10.1. The number of sulfonamides is 1. The number of nitrogens with one attached hydrogen (secondary N) is 1. The quantitative estimate of drug-likeness (QED) is 0.769. The van der Waals surface area contributed by atoms with Gasteiger partial charge < -0.3 is 9.84 Å². The fourth-order valence-electron chi connectivity index (χ4n) is 1.57. The number of carboxylic acids is 1. The summed E-state index contributed by atoms with van der Waals surface area (Å²) in [7, 11) is -2.09. The Hall–Kier alpha value is -1.12. The van der Waals surface area contributed by atoms with E-state index in [1.54, 1.807) is 25.1 Å². The summed E-state index contributed by atoms with van der Waals surface area (Å²) in [4.78, 5) is 10.4. The van der Waals surface area contributed by atoms with Gasteiger partial charge in [-0.25, -0.2) is 13.1 Å². The molecule has 0 amide bonds. The van der Waals surface area contributed by atoms with E-state index in [0.29, 0.717) is 10.2 Å². The molecule has 112 valence electrons. The first kappa shape index (κ1) is 16.9. The second-order valence-electron chi connectivity index (χ2n) is 4.20. The second kappa shape index (κ2) is 7.05. The van der Waals surface area contributed by atoms with Gasteiger partial charge in [-0.05, 0) is 40.5 Å². The van der Waals surface area contributed by atoms with Crippen LogP contribution in [0.2, 0.25) is 0 Å². The SMILES string of the molecule is COc1ccc(C(C)NS(=O)(=O)CCC(=O)O)cc1Br. The van der Waals surface area contributed by atoms with Crippen LogP contribution in [0.4, 0.5) is 0 Å². The van der Waals surface area contributed by atoms with Crippen molar-refractivity contribution in [2.45, 2.75) is 19.4 Å². The molecule has 8 heteroatoms. The molecular formula is C12H16BrNO5S. The van der Waals surface area contributed by atoms with Gasteiger partial charge >= 0.3 is 5.97 Å². The Morgan fingerprint density at radius 1 is 1.50 bits per heavy atom. The predicted octanol–water partition coefficient (Wildman–Crippen LogP) is 1.91. The minimum absolute atomic E-state index is 0.422. The highest BCUT2D eigenvalue weighted by atomic mass is 79.9. The Balaban J connectivity index is 2.78. The van der Waals surface area contributed by atoms with Crippen molar-refractivity contribution in [3.05, 3.63) is 28.2 Å². The molecule has 1 aromatic rings. The van der Waals surface area contributed by atoms with Gasteiger partial charge in [0.25, 0.3) is 0 Å². The molecule has 0 saturated carbocycles. The van der Waals surface area contributed by atoms with Crippen molar-refractivity contribution >= 4 is 31.9 Å². The Labute approximate surface area is 126 Å². The van der Waals surface area contributed by atoms with Crippen LogP contribution in [0.15, 0.2) is 22.7 Å². The smallest absolute Gasteiger partial charge is 0.304 e. The third kappa shape index (κ3) is 5.10. The Bertz CT molecular complexity index is 588. The zero-order valence-corrected chi connectivity index (χ0v) is 13.5. The molecule has 6 nitrogen and oxygen atoms in total. The molecule has 1 aromatic carbocycles. The van der Waals surface area contributed by atoms with Crippen molar-refractivity contribution in [3.8, 4) is 5.75 Å². The van der Waals surface area contributed by atoms with E-state index in [1.165, 1.54) is 7.11 Å².